The number of hydrogen-bond donors (Lipinski definition) is 8. The number of primary amides is 1. The van der Waals surface area contributed by atoms with Crippen LogP contribution in [0.15, 0.2) is 96.5 Å². The number of urea groups is 1. The predicted molar refractivity (Wildman–Crippen MR) is 209 cm³/mol. The SMILES string of the molecule is NC(=O)Nc1cc(Nc2nc(Cl)nc(Nc3cccc(SOC(=O)CSOOO)c3)n2)ccc1N=Nc1cc2c(S(=O)(=O)O)cc(S(=O)(=O)O)cc2cc1SOOO.O. The number of fused-ring (bicyclic) bond motifs is 1. The molecule has 1 heterocycles. The molecule has 0 radical (unpaired) electrons. The van der Waals surface area contributed by atoms with Crippen molar-refractivity contribution >= 4 is 131 Å². The summed E-state index contributed by atoms with van der Waals surface area (Å²) in [6.45, 7) is 0. The van der Waals surface area contributed by atoms with Gasteiger partial charge in [-0.3, -0.25) is 13.9 Å². The first kappa shape index (κ1) is 46.7. The number of nitrogens with two attached hydrogens (primary N) is 1. The lowest BCUT2D eigenvalue weighted by Crippen LogP contribution is -2.19. The minimum atomic E-state index is -5.08. The number of nitrogens with one attached hydrogen (secondary N) is 3. The molecule has 314 valence electrons. The quantitative estimate of drug-likeness (QED) is 0.0129. The monoisotopic (exact) mass is 937 g/mol. The number of rotatable bonds is 18. The molecule has 31 heteroatoms. The summed E-state index contributed by atoms with van der Waals surface area (Å²) < 4.78 is 81.1. The van der Waals surface area contributed by atoms with Crippen molar-refractivity contribution < 1.29 is 74.4 Å². The minimum absolute atomic E-state index is 0. The van der Waals surface area contributed by atoms with E-state index in [9.17, 15) is 35.5 Å². The normalized spacial score (nSPS) is 11.6. The first-order valence-electron chi connectivity index (χ1n) is 14.9. The molecule has 1 aromatic heterocycles. The van der Waals surface area contributed by atoms with Gasteiger partial charge >= 0.3 is 12.0 Å². The molecule has 0 bridgehead atoms. The molecule has 0 saturated heterocycles. The number of azo groups is 1. The molecule has 0 aliphatic heterocycles. The molecule has 0 spiro atoms. The summed E-state index contributed by atoms with van der Waals surface area (Å²) >= 11 is 7.76. The van der Waals surface area contributed by atoms with Crippen LogP contribution in [-0.2, 0) is 48.0 Å². The van der Waals surface area contributed by atoms with Gasteiger partial charge in [0.2, 0.25) is 17.2 Å². The molecule has 0 fully saturated rings. The lowest BCUT2D eigenvalue weighted by Gasteiger charge is -2.12. The molecular formula is C28H24ClN9O16S5. The van der Waals surface area contributed by atoms with Gasteiger partial charge in [0.1, 0.15) is 22.0 Å². The average molecular weight is 938 g/mol. The van der Waals surface area contributed by atoms with Gasteiger partial charge in [-0.1, -0.05) is 16.1 Å². The van der Waals surface area contributed by atoms with Gasteiger partial charge in [-0.2, -0.15) is 31.8 Å². The third-order valence-corrected chi connectivity index (χ3v) is 10.4. The number of benzene rings is 4. The van der Waals surface area contributed by atoms with Gasteiger partial charge in [0.15, 0.2) is 0 Å². The highest BCUT2D eigenvalue weighted by atomic mass is 35.5. The van der Waals surface area contributed by atoms with Crippen molar-refractivity contribution in [3.05, 3.63) is 72.0 Å². The van der Waals surface area contributed by atoms with Gasteiger partial charge in [0, 0.05) is 28.8 Å². The fourth-order valence-corrected chi connectivity index (χ4v) is 7.33. The molecular weight excluding hydrogens is 914 g/mol. The number of carbonyl (C=O) groups excluding carboxylic acids is 2. The standard InChI is InChI=1S/C28H22ClN9O15S5.H2O/c29-25-34-27(31-14-2-1-3-16(8-14)55-49-24(39)12-54-52-50-41)36-28(35-25)32-15-4-5-19(20(9-15)33-26(30)40)37-38-21-11-18-13(7-22(21)56-53-51-42)6-17(57(43,44)45)10-23(18)58(46,47)48;/h1-11,41-42H,12H2,(H3,30,33,40)(H,43,44,45)(H,46,47,48)(H2,31,32,34,35,36);1H2. The third kappa shape index (κ3) is 13.5. The van der Waals surface area contributed by atoms with E-state index < -0.39 is 42.0 Å². The first-order valence-corrected chi connectivity index (χ1v) is 20.5. The average Bonchev–Trinajstić information content (AvgIpc) is 3.14. The van der Waals surface area contributed by atoms with Gasteiger partial charge < -0.3 is 31.3 Å². The van der Waals surface area contributed by atoms with Crippen LogP contribution < -0.4 is 21.7 Å². The summed E-state index contributed by atoms with van der Waals surface area (Å²) in [6, 6.07) is 13.4. The van der Waals surface area contributed by atoms with E-state index in [-0.39, 0.29) is 66.8 Å². The van der Waals surface area contributed by atoms with Crippen LogP contribution >= 0.6 is 47.7 Å². The molecule has 5 aromatic rings. The van der Waals surface area contributed by atoms with Crippen LogP contribution in [0.25, 0.3) is 10.8 Å². The predicted octanol–water partition coefficient (Wildman–Crippen LogP) is 5.79. The van der Waals surface area contributed by atoms with Crippen molar-refractivity contribution in [1.29, 1.82) is 0 Å². The summed E-state index contributed by atoms with van der Waals surface area (Å²) in [5, 5.41) is 39.7. The summed E-state index contributed by atoms with van der Waals surface area (Å²) in [7, 11) is -10.0. The van der Waals surface area contributed by atoms with Gasteiger partial charge in [-0.15, -0.1) is 18.9 Å². The van der Waals surface area contributed by atoms with E-state index in [0.29, 0.717) is 40.7 Å². The maximum Gasteiger partial charge on any atom is 0.330 e. The number of amides is 2. The summed E-state index contributed by atoms with van der Waals surface area (Å²) in [6.07, 6.45) is 0. The van der Waals surface area contributed by atoms with Crippen LogP contribution in [0.2, 0.25) is 5.28 Å². The van der Waals surface area contributed by atoms with Crippen LogP contribution in [0, 0.1) is 0 Å². The highest BCUT2D eigenvalue weighted by Gasteiger charge is 2.22. The van der Waals surface area contributed by atoms with Crippen LogP contribution in [0.1, 0.15) is 0 Å². The third-order valence-electron chi connectivity index (χ3n) is 6.66. The molecule has 0 unspecified atom stereocenters. The van der Waals surface area contributed by atoms with Gasteiger partial charge in [-0.25, -0.2) is 15.3 Å². The topological polar surface area (TPSA) is 386 Å². The first-order chi connectivity index (χ1) is 27.5. The molecule has 4 aromatic carbocycles. The highest BCUT2D eigenvalue weighted by Crippen LogP contribution is 2.40. The zero-order valence-electron chi connectivity index (χ0n) is 28.6. The van der Waals surface area contributed by atoms with E-state index in [2.05, 4.69) is 59.9 Å². The largest absolute Gasteiger partial charge is 0.412 e. The van der Waals surface area contributed by atoms with Crippen molar-refractivity contribution in [2.45, 2.75) is 19.6 Å². The fraction of sp³-hybridized carbons (Fsp3) is 0.0357. The van der Waals surface area contributed by atoms with Crippen LogP contribution in [-0.4, -0.2) is 74.6 Å². The molecule has 0 saturated carbocycles. The second-order valence-electron chi connectivity index (χ2n) is 10.5. The molecule has 0 atom stereocenters. The van der Waals surface area contributed by atoms with E-state index in [4.69, 9.17) is 32.0 Å². The molecule has 11 N–H and O–H groups in total. The lowest BCUT2D eigenvalue weighted by molar-refractivity contribution is -0.432. The van der Waals surface area contributed by atoms with E-state index in [1.165, 1.54) is 18.2 Å². The Labute approximate surface area is 348 Å². The maximum absolute atomic E-state index is 12.2. The van der Waals surface area contributed by atoms with E-state index in [1.54, 1.807) is 24.3 Å². The Hall–Kier alpha value is -5.03. The number of hydrogen-bond acceptors (Lipinski definition) is 23. The number of halogens is 1. The van der Waals surface area contributed by atoms with Crippen molar-refractivity contribution in [2.24, 2.45) is 16.0 Å². The van der Waals surface area contributed by atoms with Gasteiger partial charge in [0.05, 0.1) is 44.5 Å². The number of carbonyl (C=O) groups is 2. The van der Waals surface area contributed by atoms with E-state index in [0.717, 1.165) is 30.2 Å². The highest BCUT2D eigenvalue weighted by molar-refractivity contribution is 7.96. The second kappa shape index (κ2) is 20.8. The smallest absolute Gasteiger partial charge is 0.330 e. The number of anilines is 5. The molecule has 25 nitrogen and oxygen atoms in total. The van der Waals surface area contributed by atoms with Gasteiger partial charge in [0.25, 0.3) is 20.2 Å². The Bertz CT molecular complexity index is 2610. The summed E-state index contributed by atoms with van der Waals surface area (Å²) in [5.41, 5.74) is 5.87. The second-order valence-corrected chi connectivity index (χ2v) is 15.9. The van der Waals surface area contributed by atoms with Crippen molar-refractivity contribution in [2.75, 3.05) is 21.7 Å². The van der Waals surface area contributed by atoms with Crippen molar-refractivity contribution in [3.63, 3.8) is 0 Å². The van der Waals surface area contributed by atoms with Crippen molar-refractivity contribution in [1.82, 2.24) is 15.0 Å². The number of aromatic nitrogens is 3. The van der Waals surface area contributed by atoms with E-state index in [1.807, 2.05) is 0 Å². The zero-order valence-corrected chi connectivity index (χ0v) is 33.4. The molecule has 59 heavy (non-hydrogen) atoms. The Morgan fingerprint density at radius 3 is 2.14 bits per heavy atom. The molecule has 2 amide bonds. The maximum atomic E-state index is 12.2. The minimum Gasteiger partial charge on any atom is -0.412 e. The molecule has 0 aliphatic rings. The van der Waals surface area contributed by atoms with Crippen LogP contribution in [0.3, 0.4) is 0 Å². The Morgan fingerprint density at radius 1 is 0.814 bits per heavy atom. The van der Waals surface area contributed by atoms with Crippen LogP contribution in [0.4, 0.5) is 45.1 Å². The Kier molecular flexibility index (Phi) is 16.4. The Morgan fingerprint density at radius 2 is 1.49 bits per heavy atom. The summed E-state index contributed by atoms with van der Waals surface area (Å²) in [4.78, 5) is 34.8. The summed E-state index contributed by atoms with van der Waals surface area (Å²) in [5.74, 6) is -1.02. The molecule has 5 rings (SSSR count). The fourth-order valence-electron chi connectivity index (χ4n) is 4.48. The van der Waals surface area contributed by atoms with Gasteiger partial charge in [-0.05, 0) is 77.7 Å². The Balaban J connectivity index is 0.00000769. The zero-order chi connectivity index (χ0) is 42.0. The van der Waals surface area contributed by atoms with Crippen LogP contribution in [0.5, 0.6) is 0 Å². The van der Waals surface area contributed by atoms with E-state index >= 15 is 0 Å². The lowest BCUT2D eigenvalue weighted by atomic mass is 10.1. The number of nitrogens with zero attached hydrogens (tertiary/aromatic N) is 5. The molecule has 0 aliphatic carbocycles. The van der Waals surface area contributed by atoms with Crippen molar-refractivity contribution in [3.8, 4) is 0 Å².